The van der Waals surface area contributed by atoms with Gasteiger partial charge in [0, 0.05) is 19.8 Å². The molecule has 3 aromatic rings. The lowest BCUT2D eigenvalue weighted by Gasteiger charge is -2.11. The van der Waals surface area contributed by atoms with Crippen molar-refractivity contribution in [3.63, 3.8) is 0 Å². The molecule has 22 heavy (non-hydrogen) atoms. The number of fused-ring (bicyclic) bond motifs is 1. The summed E-state index contributed by atoms with van der Waals surface area (Å²) in [6, 6.07) is 7.71. The van der Waals surface area contributed by atoms with E-state index < -0.39 is 11.2 Å². The van der Waals surface area contributed by atoms with Crippen molar-refractivity contribution in [2.45, 2.75) is 6.92 Å². The molecule has 0 bridgehead atoms. The molecule has 0 unspecified atom stereocenters. The van der Waals surface area contributed by atoms with Crippen LogP contribution in [0, 0.1) is 6.92 Å². The number of nitrogens with zero attached hydrogens (tertiary/aromatic N) is 4. The van der Waals surface area contributed by atoms with Crippen molar-refractivity contribution < 1.29 is 0 Å². The normalized spacial score (nSPS) is 10.9. The summed E-state index contributed by atoms with van der Waals surface area (Å²) in [6.07, 6.45) is 1.33. The minimum Gasteiger partial charge on any atom is -0.339 e. The number of benzene rings is 1. The Morgan fingerprint density at radius 1 is 1.00 bits per heavy atom. The zero-order valence-corrected chi connectivity index (χ0v) is 12.5. The molecule has 0 aliphatic rings. The average molecular weight is 297 g/mol. The van der Waals surface area contributed by atoms with Crippen LogP contribution >= 0.6 is 0 Å². The molecule has 0 aliphatic carbocycles. The van der Waals surface area contributed by atoms with E-state index in [0.717, 1.165) is 15.8 Å². The van der Waals surface area contributed by atoms with Crippen LogP contribution in [0.1, 0.15) is 5.56 Å². The standard InChI is InChI=1S/C15H15N5O2/c1-9-4-6-10(7-5-9)18-12-11-13(17-8-16-12)19(2)15(22)20(3)14(11)21/h4-8H,1-3H3,(H,16,17,18). The molecule has 2 heterocycles. The van der Waals surface area contributed by atoms with Crippen LogP contribution in [0.25, 0.3) is 11.0 Å². The first-order valence-corrected chi connectivity index (χ1v) is 6.73. The van der Waals surface area contributed by atoms with Crippen LogP contribution in [-0.4, -0.2) is 19.1 Å². The molecule has 0 fully saturated rings. The molecule has 0 spiro atoms. The highest BCUT2D eigenvalue weighted by Crippen LogP contribution is 2.19. The number of anilines is 2. The minimum absolute atomic E-state index is 0.285. The van der Waals surface area contributed by atoms with E-state index in [9.17, 15) is 9.59 Å². The van der Waals surface area contributed by atoms with Crippen LogP contribution in [0.4, 0.5) is 11.5 Å². The fourth-order valence-corrected chi connectivity index (χ4v) is 2.27. The Kier molecular flexibility index (Phi) is 3.25. The summed E-state index contributed by atoms with van der Waals surface area (Å²) < 4.78 is 2.38. The van der Waals surface area contributed by atoms with Gasteiger partial charge in [-0.1, -0.05) is 17.7 Å². The lowest BCUT2D eigenvalue weighted by Crippen LogP contribution is -2.37. The maximum Gasteiger partial charge on any atom is 0.332 e. The number of hydrogen-bond acceptors (Lipinski definition) is 5. The second-order valence-electron chi connectivity index (χ2n) is 5.12. The largest absolute Gasteiger partial charge is 0.339 e. The van der Waals surface area contributed by atoms with Gasteiger partial charge in [0.25, 0.3) is 5.56 Å². The lowest BCUT2D eigenvalue weighted by atomic mass is 10.2. The average Bonchev–Trinajstić information content (AvgIpc) is 2.53. The van der Waals surface area contributed by atoms with Gasteiger partial charge in [0.1, 0.15) is 17.5 Å². The lowest BCUT2D eigenvalue weighted by molar-refractivity contribution is 0.706. The zero-order valence-electron chi connectivity index (χ0n) is 12.5. The van der Waals surface area contributed by atoms with Gasteiger partial charge in [-0.3, -0.25) is 13.9 Å². The molecule has 0 aliphatic heterocycles. The maximum atomic E-state index is 12.4. The monoisotopic (exact) mass is 297 g/mol. The first-order chi connectivity index (χ1) is 10.5. The molecular formula is C15H15N5O2. The SMILES string of the molecule is Cc1ccc(Nc2ncnc3c2c(=O)n(C)c(=O)n3C)cc1. The highest BCUT2D eigenvalue weighted by atomic mass is 16.2. The molecule has 1 aromatic carbocycles. The number of aryl methyl sites for hydroxylation is 2. The summed E-state index contributed by atoms with van der Waals surface area (Å²) >= 11 is 0. The number of nitrogens with one attached hydrogen (secondary N) is 1. The topological polar surface area (TPSA) is 81.8 Å². The second kappa shape index (κ2) is 5.10. The summed E-state index contributed by atoms with van der Waals surface area (Å²) in [4.78, 5) is 32.6. The van der Waals surface area contributed by atoms with E-state index in [4.69, 9.17) is 0 Å². The predicted molar refractivity (Wildman–Crippen MR) is 84.5 cm³/mol. The first kappa shape index (κ1) is 14.0. The third-order valence-corrected chi connectivity index (χ3v) is 3.55. The van der Waals surface area contributed by atoms with E-state index in [-0.39, 0.29) is 5.39 Å². The Hall–Kier alpha value is -2.96. The third kappa shape index (κ3) is 2.16. The maximum absolute atomic E-state index is 12.4. The molecule has 0 radical (unpaired) electrons. The predicted octanol–water partition coefficient (Wildman–Crippen LogP) is 1.08. The summed E-state index contributed by atoms with van der Waals surface area (Å²) in [6.45, 7) is 2.00. The molecular weight excluding hydrogens is 282 g/mol. The van der Waals surface area contributed by atoms with Crippen LogP contribution in [0.15, 0.2) is 40.2 Å². The van der Waals surface area contributed by atoms with Crippen LogP contribution < -0.4 is 16.6 Å². The van der Waals surface area contributed by atoms with Gasteiger partial charge in [-0.25, -0.2) is 14.8 Å². The summed E-state index contributed by atoms with van der Waals surface area (Å²) in [5.74, 6) is 0.380. The molecule has 7 nitrogen and oxygen atoms in total. The molecule has 0 saturated heterocycles. The van der Waals surface area contributed by atoms with Crippen molar-refractivity contribution in [1.29, 1.82) is 0 Å². The van der Waals surface area contributed by atoms with Crippen LogP contribution in [0.2, 0.25) is 0 Å². The smallest absolute Gasteiger partial charge is 0.332 e. The Morgan fingerprint density at radius 3 is 2.36 bits per heavy atom. The van der Waals surface area contributed by atoms with Crippen molar-refractivity contribution in [3.05, 3.63) is 57.0 Å². The first-order valence-electron chi connectivity index (χ1n) is 6.73. The molecule has 0 atom stereocenters. The highest BCUT2D eigenvalue weighted by Gasteiger charge is 2.14. The van der Waals surface area contributed by atoms with Gasteiger partial charge in [-0.05, 0) is 19.1 Å². The van der Waals surface area contributed by atoms with E-state index in [0.29, 0.717) is 11.5 Å². The van der Waals surface area contributed by atoms with Gasteiger partial charge in [0.15, 0.2) is 5.65 Å². The Balaban J connectivity index is 2.25. The Morgan fingerprint density at radius 2 is 1.68 bits per heavy atom. The van der Waals surface area contributed by atoms with Gasteiger partial charge < -0.3 is 5.32 Å². The van der Waals surface area contributed by atoms with Crippen molar-refractivity contribution in [1.82, 2.24) is 19.1 Å². The van der Waals surface area contributed by atoms with Crippen molar-refractivity contribution in [3.8, 4) is 0 Å². The van der Waals surface area contributed by atoms with Gasteiger partial charge >= 0.3 is 5.69 Å². The van der Waals surface area contributed by atoms with E-state index in [1.54, 1.807) is 7.05 Å². The molecule has 0 saturated carbocycles. The van der Waals surface area contributed by atoms with E-state index in [1.165, 1.54) is 17.9 Å². The summed E-state index contributed by atoms with van der Waals surface area (Å²) in [5.41, 5.74) is 1.40. The van der Waals surface area contributed by atoms with Gasteiger partial charge in [-0.2, -0.15) is 0 Å². The Labute approximate surface area is 125 Å². The fraction of sp³-hybridized carbons (Fsp3) is 0.200. The van der Waals surface area contributed by atoms with E-state index in [1.807, 2.05) is 31.2 Å². The number of aromatic nitrogens is 4. The molecule has 2 aromatic heterocycles. The second-order valence-corrected chi connectivity index (χ2v) is 5.12. The van der Waals surface area contributed by atoms with Crippen molar-refractivity contribution in [2.75, 3.05) is 5.32 Å². The number of hydrogen-bond donors (Lipinski definition) is 1. The third-order valence-electron chi connectivity index (χ3n) is 3.55. The molecule has 3 rings (SSSR count). The summed E-state index contributed by atoms with van der Waals surface area (Å²) in [7, 11) is 3.01. The van der Waals surface area contributed by atoms with Crippen LogP contribution in [-0.2, 0) is 14.1 Å². The molecule has 0 amide bonds. The van der Waals surface area contributed by atoms with Crippen molar-refractivity contribution >= 4 is 22.5 Å². The van der Waals surface area contributed by atoms with Gasteiger partial charge in [0.05, 0.1) is 0 Å². The zero-order chi connectivity index (χ0) is 15.9. The highest BCUT2D eigenvalue weighted by molar-refractivity contribution is 5.87. The summed E-state index contributed by atoms with van der Waals surface area (Å²) in [5, 5.41) is 3.39. The molecule has 7 heteroatoms. The molecule has 112 valence electrons. The van der Waals surface area contributed by atoms with Crippen LogP contribution in [0.5, 0.6) is 0 Å². The van der Waals surface area contributed by atoms with Crippen LogP contribution in [0.3, 0.4) is 0 Å². The van der Waals surface area contributed by atoms with E-state index >= 15 is 0 Å². The van der Waals surface area contributed by atoms with Crippen molar-refractivity contribution in [2.24, 2.45) is 14.1 Å². The van der Waals surface area contributed by atoms with E-state index in [2.05, 4.69) is 15.3 Å². The van der Waals surface area contributed by atoms with Gasteiger partial charge in [-0.15, -0.1) is 0 Å². The quantitative estimate of drug-likeness (QED) is 0.765. The molecule has 1 N–H and O–H groups in total. The Bertz CT molecular complexity index is 970. The fourth-order valence-electron chi connectivity index (χ4n) is 2.27. The number of rotatable bonds is 2. The van der Waals surface area contributed by atoms with Gasteiger partial charge in [0.2, 0.25) is 0 Å². The minimum atomic E-state index is -0.423.